The summed E-state index contributed by atoms with van der Waals surface area (Å²) >= 11 is 0. The van der Waals surface area contributed by atoms with E-state index < -0.39 is 10.0 Å². The van der Waals surface area contributed by atoms with Gasteiger partial charge in [-0.3, -0.25) is 9.52 Å². The van der Waals surface area contributed by atoms with E-state index in [9.17, 15) is 13.2 Å². The van der Waals surface area contributed by atoms with Gasteiger partial charge in [0, 0.05) is 23.8 Å². The number of carbonyl (C=O) groups is 1. The van der Waals surface area contributed by atoms with E-state index in [1.54, 1.807) is 31.2 Å². The lowest BCUT2D eigenvalue weighted by atomic mass is 10.1. The van der Waals surface area contributed by atoms with E-state index in [2.05, 4.69) is 17.0 Å². The fraction of sp³-hybridized carbons (Fsp3) is 0.350. The van der Waals surface area contributed by atoms with Gasteiger partial charge in [-0.15, -0.1) is 12.4 Å². The van der Waals surface area contributed by atoms with Crippen LogP contribution in [0.4, 0.5) is 5.69 Å². The average molecular weight is 426 g/mol. The maximum absolute atomic E-state index is 12.6. The predicted molar refractivity (Wildman–Crippen MR) is 116 cm³/mol. The van der Waals surface area contributed by atoms with Crippen LogP contribution in [0.2, 0.25) is 0 Å². The molecule has 0 aliphatic heterocycles. The number of aryl methyl sites for hydroxylation is 1. The molecule has 0 aliphatic carbocycles. The average Bonchev–Trinajstić information content (AvgIpc) is 2.67. The Balaban J connectivity index is 0.00000392. The molecule has 4 N–H and O–H groups in total. The number of amides is 1. The van der Waals surface area contributed by atoms with Gasteiger partial charge in [-0.25, -0.2) is 8.42 Å². The first kappa shape index (κ1) is 23.9. The first-order chi connectivity index (χ1) is 12.9. The van der Waals surface area contributed by atoms with Crippen LogP contribution < -0.4 is 15.8 Å². The molecule has 8 heteroatoms. The van der Waals surface area contributed by atoms with Gasteiger partial charge in [-0.05, 0) is 55.7 Å². The van der Waals surface area contributed by atoms with Crippen LogP contribution in [0.3, 0.4) is 0 Å². The molecule has 2 aromatic rings. The Morgan fingerprint density at radius 3 is 2.43 bits per heavy atom. The standard InChI is InChI=1S/C20H27N3O3S.ClH/c1-3-4-6-16-9-11-18(12-10-16)23-27(25,26)19-8-5-7-17(13-19)20(24)22-15(2)14-21;/h5,7-13,15,23H,3-4,6,14,21H2,1-2H3,(H,22,24);1H/t15-;/m0./s1. The third-order valence-corrected chi connectivity index (χ3v) is 5.54. The van der Waals surface area contributed by atoms with E-state index in [1.807, 2.05) is 12.1 Å². The third-order valence-electron chi connectivity index (χ3n) is 4.16. The molecular weight excluding hydrogens is 398 g/mol. The van der Waals surface area contributed by atoms with Crippen molar-refractivity contribution in [3.63, 3.8) is 0 Å². The van der Waals surface area contributed by atoms with E-state index in [4.69, 9.17) is 5.73 Å². The molecule has 28 heavy (non-hydrogen) atoms. The van der Waals surface area contributed by atoms with Gasteiger partial charge in [-0.1, -0.05) is 31.5 Å². The lowest BCUT2D eigenvalue weighted by Crippen LogP contribution is -2.37. The molecule has 1 amide bonds. The summed E-state index contributed by atoms with van der Waals surface area (Å²) < 4.78 is 27.9. The number of benzene rings is 2. The first-order valence-electron chi connectivity index (χ1n) is 9.08. The maximum atomic E-state index is 12.6. The second-order valence-electron chi connectivity index (χ2n) is 6.54. The summed E-state index contributed by atoms with van der Waals surface area (Å²) in [5.74, 6) is -0.356. The molecule has 2 aromatic carbocycles. The zero-order valence-electron chi connectivity index (χ0n) is 16.1. The fourth-order valence-corrected chi connectivity index (χ4v) is 3.61. The van der Waals surface area contributed by atoms with Gasteiger partial charge >= 0.3 is 0 Å². The zero-order valence-corrected chi connectivity index (χ0v) is 17.8. The van der Waals surface area contributed by atoms with Gasteiger partial charge in [-0.2, -0.15) is 0 Å². The van der Waals surface area contributed by atoms with Crippen molar-refractivity contribution < 1.29 is 13.2 Å². The molecule has 0 aliphatic rings. The molecule has 1 atom stereocenters. The number of nitrogens with two attached hydrogens (primary N) is 1. The number of halogens is 1. The summed E-state index contributed by atoms with van der Waals surface area (Å²) in [5.41, 5.74) is 7.43. The molecule has 154 valence electrons. The predicted octanol–water partition coefficient (Wildman–Crippen LogP) is 3.33. The van der Waals surface area contributed by atoms with Crippen molar-refractivity contribution in [2.75, 3.05) is 11.3 Å². The van der Waals surface area contributed by atoms with Gasteiger partial charge < -0.3 is 11.1 Å². The molecule has 0 spiro atoms. The summed E-state index contributed by atoms with van der Waals surface area (Å²) in [7, 11) is -3.79. The number of hydrogen-bond donors (Lipinski definition) is 3. The number of unbranched alkanes of at least 4 members (excludes halogenated alkanes) is 1. The van der Waals surface area contributed by atoms with Crippen molar-refractivity contribution in [1.82, 2.24) is 5.32 Å². The Bertz CT molecular complexity index is 871. The van der Waals surface area contributed by atoms with Crippen LogP contribution in [-0.2, 0) is 16.4 Å². The minimum atomic E-state index is -3.79. The number of sulfonamides is 1. The second kappa shape index (κ2) is 11.0. The van der Waals surface area contributed by atoms with Crippen LogP contribution in [0.15, 0.2) is 53.4 Å². The van der Waals surface area contributed by atoms with Crippen LogP contribution in [-0.4, -0.2) is 26.9 Å². The third kappa shape index (κ3) is 6.82. The van der Waals surface area contributed by atoms with E-state index in [1.165, 1.54) is 17.7 Å². The number of nitrogens with one attached hydrogen (secondary N) is 2. The molecule has 0 bridgehead atoms. The Kier molecular flexibility index (Phi) is 9.45. The highest BCUT2D eigenvalue weighted by atomic mass is 35.5. The van der Waals surface area contributed by atoms with Crippen molar-refractivity contribution in [1.29, 1.82) is 0 Å². The van der Waals surface area contributed by atoms with Crippen LogP contribution in [0.1, 0.15) is 42.6 Å². The molecule has 2 rings (SSSR count). The van der Waals surface area contributed by atoms with Gasteiger partial charge in [0.1, 0.15) is 0 Å². The Morgan fingerprint density at radius 1 is 1.14 bits per heavy atom. The molecule has 0 heterocycles. The van der Waals surface area contributed by atoms with Gasteiger partial charge in [0.15, 0.2) is 0 Å². The van der Waals surface area contributed by atoms with Crippen LogP contribution in [0, 0.1) is 0 Å². The number of hydrogen-bond acceptors (Lipinski definition) is 4. The van der Waals surface area contributed by atoms with Crippen LogP contribution in [0.5, 0.6) is 0 Å². The van der Waals surface area contributed by atoms with Crippen molar-refractivity contribution in [3.8, 4) is 0 Å². The van der Waals surface area contributed by atoms with Gasteiger partial charge in [0.2, 0.25) is 0 Å². The quantitative estimate of drug-likeness (QED) is 0.573. The normalized spacial score (nSPS) is 12.0. The van der Waals surface area contributed by atoms with E-state index in [-0.39, 0.29) is 34.8 Å². The molecule has 0 saturated heterocycles. The highest BCUT2D eigenvalue weighted by molar-refractivity contribution is 7.92. The highest BCUT2D eigenvalue weighted by Crippen LogP contribution is 2.18. The van der Waals surface area contributed by atoms with Crippen molar-refractivity contribution in [3.05, 3.63) is 59.7 Å². The summed E-state index contributed by atoms with van der Waals surface area (Å²) in [5, 5.41) is 2.72. The minimum Gasteiger partial charge on any atom is -0.348 e. The molecule has 0 fully saturated rings. The minimum absolute atomic E-state index is 0. The topological polar surface area (TPSA) is 101 Å². The van der Waals surface area contributed by atoms with Crippen molar-refractivity contribution in [2.24, 2.45) is 5.73 Å². The fourth-order valence-electron chi connectivity index (χ4n) is 2.50. The SMILES string of the molecule is CCCCc1ccc(NS(=O)(=O)c2cccc(C(=O)N[C@@H](C)CN)c2)cc1.Cl. The van der Waals surface area contributed by atoms with Gasteiger partial charge in [0.05, 0.1) is 4.90 Å². The molecular formula is C20H28ClN3O3S. The lowest BCUT2D eigenvalue weighted by molar-refractivity contribution is 0.0941. The van der Waals surface area contributed by atoms with Crippen LogP contribution >= 0.6 is 12.4 Å². The number of carbonyl (C=O) groups excluding carboxylic acids is 1. The Labute approximate surface area is 173 Å². The second-order valence-corrected chi connectivity index (χ2v) is 8.23. The summed E-state index contributed by atoms with van der Waals surface area (Å²) in [6.45, 7) is 4.22. The van der Waals surface area contributed by atoms with Crippen molar-refractivity contribution in [2.45, 2.75) is 44.0 Å². The molecule has 0 saturated carbocycles. The molecule has 6 nitrogen and oxygen atoms in total. The zero-order chi connectivity index (χ0) is 19.9. The summed E-state index contributed by atoms with van der Waals surface area (Å²) in [4.78, 5) is 12.2. The number of rotatable bonds is 9. The smallest absolute Gasteiger partial charge is 0.261 e. The van der Waals surface area contributed by atoms with Gasteiger partial charge in [0.25, 0.3) is 15.9 Å². The largest absolute Gasteiger partial charge is 0.348 e. The molecule has 0 unspecified atom stereocenters. The van der Waals surface area contributed by atoms with Crippen LogP contribution in [0.25, 0.3) is 0 Å². The Hall–Kier alpha value is -2.09. The van der Waals surface area contributed by atoms with Crippen molar-refractivity contribution >= 4 is 34.0 Å². The van der Waals surface area contributed by atoms with E-state index in [0.717, 1.165) is 19.3 Å². The summed E-state index contributed by atoms with van der Waals surface area (Å²) in [6.07, 6.45) is 3.19. The molecule has 0 aromatic heterocycles. The van der Waals surface area contributed by atoms with E-state index in [0.29, 0.717) is 12.2 Å². The molecule has 0 radical (unpaired) electrons. The maximum Gasteiger partial charge on any atom is 0.261 e. The lowest BCUT2D eigenvalue weighted by Gasteiger charge is -2.13. The van der Waals surface area contributed by atoms with E-state index >= 15 is 0 Å². The summed E-state index contributed by atoms with van der Waals surface area (Å²) in [6, 6.07) is 13.1. The monoisotopic (exact) mass is 425 g/mol. The highest BCUT2D eigenvalue weighted by Gasteiger charge is 2.17. The first-order valence-corrected chi connectivity index (χ1v) is 10.6. The number of anilines is 1. The Morgan fingerprint density at radius 2 is 1.82 bits per heavy atom.